The van der Waals surface area contributed by atoms with Gasteiger partial charge in [-0.1, -0.05) is 17.3 Å². The first-order valence-corrected chi connectivity index (χ1v) is 10.6. The maximum absolute atomic E-state index is 14.5. The number of halogens is 1. The van der Waals surface area contributed by atoms with Gasteiger partial charge in [0.2, 0.25) is 0 Å². The maximum Gasteiger partial charge on any atom is 0.338 e. The summed E-state index contributed by atoms with van der Waals surface area (Å²) in [7, 11) is 0. The molecule has 0 saturated heterocycles. The van der Waals surface area contributed by atoms with E-state index in [2.05, 4.69) is 15.1 Å². The summed E-state index contributed by atoms with van der Waals surface area (Å²) in [5, 5.41) is 13.2. The normalized spacial score (nSPS) is 12.2. The summed E-state index contributed by atoms with van der Waals surface area (Å²) in [5.41, 5.74) is 4.78. The van der Waals surface area contributed by atoms with Crippen LogP contribution in [-0.2, 0) is 0 Å². The number of nitrogens with zero attached hydrogens (tertiary/aromatic N) is 5. The Kier molecular flexibility index (Phi) is 5.16. The van der Waals surface area contributed by atoms with E-state index < -0.39 is 11.8 Å². The van der Waals surface area contributed by atoms with Crippen molar-refractivity contribution in [3.8, 4) is 22.4 Å². The number of fused-ring (bicyclic) bond motifs is 1. The molecule has 0 saturated carbocycles. The van der Waals surface area contributed by atoms with E-state index in [4.69, 9.17) is 9.51 Å². The Bertz CT molecular complexity index is 1520. The number of aromatic nitrogens is 5. The summed E-state index contributed by atoms with van der Waals surface area (Å²) < 4.78 is 21.7. The van der Waals surface area contributed by atoms with Crippen molar-refractivity contribution in [3.63, 3.8) is 0 Å². The topological polar surface area (TPSA) is 107 Å². The van der Waals surface area contributed by atoms with E-state index in [1.54, 1.807) is 18.5 Å². The highest BCUT2D eigenvalue weighted by Crippen LogP contribution is 2.35. The number of carboxylic acids is 1. The second-order valence-corrected chi connectivity index (χ2v) is 8.01. The number of aromatic carboxylic acids is 1. The maximum atomic E-state index is 14.5. The Morgan fingerprint density at radius 1 is 1.18 bits per heavy atom. The summed E-state index contributed by atoms with van der Waals surface area (Å²) in [6.45, 7) is 5.64. The van der Waals surface area contributed by atoms with Crippen molar-refractivity contribution >= 4 is 17.1 Å². The van der Waals surface area contributed by atoms with E-state index in [0.717, 1.165) is 11.3 Å². The largest absolute Gasteiger partial charge is 0.478 e. The zero-order valence-corrected chi connectivity index (χ0v) is 18.7. The quantitative estimate of drug-likeness (QED) is 0.386. The third-order valence-corrected chi connectivity index (χ3v) is 5.86. The lowest BCUT2D eigenvalue weighted by molar-refractivity contribution is 0.0692. The first kappa shape index (κ1) is 21.4. The lowest BCUT2D eigenvalue weighted by atomic mass is 10.1. The van der Waals surface area contributed by atoms with Gasteiger partial charge in [0.1, 0.15) is 17.1 Å². The van der Waals surface area contributed by atoms with Gasteiger partial charge in [-0.15, -0.1) is 0 Å². The Balaban J connectivity index is 1.74. The van der Waals surface area contributed by atoms with Crippen LogP contribution in [-0.4, -0.2) is 35.8 Å². The predicted molar refractivity (Wildman–Crippen MR) is 123 cm³/mol. The van der Waals surface area contributed by atoms with Gasteiger partial charge in [-0.25, -0.2) is 19.2 Å². The fraction of sp³-hybridized carbons (Fsp3) is 0.160. The van der Waals surface area contributed by atoms with Crippen LogP contribution in [0.15, 0.2) is 59.5 Å². The molecule has 0 aliphatic rings. The lowest BCUT2D eigenvalue weighted by Gasteiger charge is -2.14. The second-order valence-electron chi connectivity index (χ2n) is 8.01. The molecule has 34 heavy (non-hydrogen) atoms. The molecule has 1 aromatic carbocycles. The van der Waals surface area contributed by atoms with Crippen molar-refractivity contribution < 1.29 is 18.8 Å². The molecular weight excluding hydrogens is 437 g/mol. The molecule has 1 N–H and O–H groups in total. The van der Waals surface area contributed by atoms with Crippen LogP contribution in [0.5, 0.6) is 0 Å². The van der Waals surface area contributed by atoms with E-state index in [0.29, 0.717) is 39.4 Å². The molecule has 0 aliphatic carbocycles. The van der Waals surface area contributed by atoms with Gasteiger partial charge < -0.3 is 14.2 Å². The van der Waals surface area contributed by atoms with Crippen molar-refractivity contribution in [1.29, 1.82) is 0 Å². The molecular formula is C25H20FN5O3. The SMILES string of the molecule is Cc1noc(C)c1-c1cnc2c(-c3ccc(C(=O)O)c(F)c3)cn([C@@H](C)c3ccccn3)c2n1. The molecule has 0 unspecified atom stereocenters. The molecule has 0 spiro atoms. The molecule has 0 radical (unpaired) electrons. The predicted octanol–water partition coefficient (Wildman–Crippen LogP) is 5.21. The minimum Gasteiger partial charge on any atom is -0.478 e. The van der Waals surface area contributed by atoms with Crippen molar-refractivity contribution in [1.82, 2.24) is 24.7 Å². The third kappa shape index (κ3) is 3.51. The molecule has 5 aromatic rings. The number of hydrogen-bond donors (Lipinski definition) is 1. The smallest absolute Gasteiger partial charge is 0.338 e. The van der Waals surface area contributed by atoms with E-state index >= 15 is 0 Å². The Morgan fingerprint density at radius 3 is 2.65 bits per heavy atom. The van der Waals surface area contributed by atoms with Crippen LogP contribution in [0.1, 0.15) is 40.5 Å². The van der Waals surface area contributed by atoms with Crippen LogP contribution in [0.25, 0.3) is 33.5 Å². The molecule has 0 fully saturated rings. The Labute approximate surface area is 193 Å². The average molecular weight is 457 g/mol. The summed E-state index contributed by atoms with van der Waals surface area (Å²) in [6.07, 6.45) is 5.20. The van der Waals surface area contributed by atoms with Gasteiger partial charge in [-0.2, -0.15) is 0 Å². The minimum atomic E-state index is -1.32. The van der Waals surface area contributed by atoms with Gasteiger partial charge >= 0.3 is 5.97 Å². The van der Waals surface area contributed by atoms with Crippen LogP contribution in [0.2, 0.25) is 0 Å². The van der Waals surface area contributed by atoms with Crippen molar-refractivity contribution in [2.24, 2.45) is 0 Å². The van der Waals surface area contributed by atoms with Gasteiger partial charge in [-0.05, 0) is 50.6 Å². The van der Waals surface area contributed by atoms with E-state index in [-0.39, 0.29) is 11.6 Å². The van der Waals surface area contributed by atoms with Gasteiger partial charge in [0, 0.05) is 18.0 Å². The van der Waals surface area contributed by atoms with E-state index in [1.165, 1.54) is 12.1 Å². The van der Waals surface area contributed by atoms with E-state index in [1.807, 2.05) is 49.7 Å². The fourth-order valence-corrected chi connectivity index (χ4v) is 4.11. The molecule has 4 heterocycles. The van der Waals surface area contributed by atoms with Gasteiger partial charge in [-0.3, -0.25) is 4.98 Å². The van der Waals surface area contributed by atoms with Crippen LogP contribution in [0, 0.1) is 19.7 Å². The highest BCUT2D eigenvalue weighted by Gasteiger charge is 2.22. The van der Waals surface area contributed by atoms with Crippen LogP contribution in [0.4, 0.5) is 4.39 Å². The highest BCUT2D eigenvalue weighted by molar-refractivity contribution is 5.94. The first-order valence-electron chi connectivity index (χ1n) is 10.6. The molecule has 9 heteroatoms. The summed E-state index contributed by atoms with van der Waals surface area (Å²) >= 11 is 0. The molecule has 5 rings (SSSR count). The van der Waals surface area contributed by atoms with Crippen molar-refractivity contribution in [2.45, 2.75) is 26.8 Å². The fourth-order valence-electron chi connectivity index (χ4n) is 4.11. The van der Waals surface area contributed by atoms with Gasteiger partial charge in [0.15, 0.2) is 5.65 Å². The summed E-state index contributed by atoms with van der Waals surface area (Å²) in [4.78, 5) is 25.3. The molecule has 1 atom stereocenters. The second kappa shape index (κ2) is 8.18. The molecule has 0 amide bonds. The van der Waals surface area contributed by atoms with Crippen LogP contribution < -0.4 is 0 Å². The van der Waals surface area contributed by atoms with Crippen molar-refractivity contribution in [3.05, 3.63) is 83.5 Å². The minimum absolute atomic E-state index is 0.199. The van der Waals surface area contributed by atoms with Crippen LogP contribution in [0.3, 0.4) is 0 Å². The molecule has 8 nitrogen and oxygen atoms in total. The number of carboxylic acid groups (broad SMARTS) is 1. The zero-order chi connectivity index (χ0) is 24.0. The van der Waals surface area contributed by atoms with Crippen molar-refractivity contribution in [2.75, 3.05) is 0 Å². The number of hydrogen-bond acceptors (Lipinski definition) is 6. The van der Waals surface area contributed by atoms with Gasteiger partial charge in [0.05, 0.1) is 40.4 Å². The monoisotopic (exact) mass is 457 g/mol. The third-order valence-electron chi connectivity index (χ3n) is 5.86. The molecule has 4 aromatic heterocycles. The average Bonchev–Trinajstić information content (AvgIpc) is 3.38. The lowest BCUT2D eigenvalue weighted by Crippen LogP contribution is -2.08. The molecule has 0 bridgehead atoms. The van der Waals surface area contributed by atoms with E-state index in [9.17, 15) is 14.3 Å². The molecule has 0 aliphatic heterocycles. The van der Waals surface area contributed by atoms with Gasteiger partial charge in [0.25, 0.3) is 0 Å². The number of pyridine rings is 1. The van der Waals surface area contributed by atoms with Crippen LogP contribution >= 0.6 is 0 Å². The number of carbonyl (C=O) groups is 1. The molecule has 170 valence electrons. The summed E-state index contributed by atoms with van der Waals surface area (Å²) in [5.74, 6) is -1.50. The first-order chi connectivity index (χ1) is 16.3. The number of benzene rings is 1. The highest BCUT2D eigenvalue weighted by atomic mass is 19.1. The zero-order valence-electron chi connectivity index (χ0n) is 18.7. The number of aryl methyl sites for hydroxylation is 2. The standard InChI is InChI=1S/C25H20FN5O3/c1-13-22(15(3)34-30-13)21-11-28-23-18(16-7-8-17(25(32)33)19(26)10-16)12-31(24(23)29-21)14(2)20-6-4-5-9-27-20/h4-12,14H,1-3H3,(H,32,33)/t14-/m0/s1. The summed E-state index contributed by atoms with van der Waals surface area (Å²) in [6, 6.07) is 9.51. The Morgan fingerprint density at radius 2 is 2.00 bits per heavy atom. The number of rotatable bonds is 5. The Hall–Kier alpha value is -4.40.